The Hall–Kier alpha value is -3.15. The van der Waals surface area contributed by atoms with E-state index in [4.69, 9.17) is 14.2 Å². The molecule has 1 unspecified atom stereocenters. The minimum Gasteiger partial charge on any atom is -0.462 e. The van der Waals surface area contributed by atoms with E-state index in [1.165, 1.54) is 193 Å². The van der Waals surface area contributed by atoms with Crippen LogP contribution < -0.4 is 0 Å². The highest BCUT2D eigenvalue weighted by molar-refractivity contribution is 5.71. The first-order valence-corrected chi connectivity index (χ1v) is 32.4. The summed E-state index contributed by atoms with van der Waals surface area (Å²) in [6.07, 6.45) is 82.1. The van der Waals surface area contributed by atoms with Crippen LogP contribution in [0.15, 0.2) is 72.9 Å². The van der Waals surface area contributed by atoms with Gasteiger partial charge in [-0.25, -0.2) is 0 Å². The lowest BCUT2D eigenvalue weighted by Gasteiger charge is -2.18. The van der Waals surface area contributed by atoms with Gasteiger partial charge in [0.25, 0.3) is 0 Å². The summed E-state index contributed by atoms with van der Waals surface area (Å²) in [6, 6.07) is 0. The average Bonchev–Trinajstić information content (AvgIpc) is 3.41. The highest BCUT2D eigenvalue weighted by Gasteiger charge is 2.19. The molecule has 0 amide bonds. The van der Waals surface area contributed by atoms with Gasteiger partial charge in [0.15, 0.2) is 6.10 Å². The molecule has 6 nitrogen and oxygen atoms in total. The van der Waals surface area contributed by atoms with E-state index < -0.39 is 6.10 Å². The molecule has 0 heterocycles. The van der Waals surface area contributed by atoms with Crippen molar-refractivity contribution in [2.24, 2.45) is 0 Å². The standard InChI is InChI=1S/C69H122O6/c1-4-7-10-13-16-19-22-25-27-29-31-33-34-35-37-38-40-42-44-47-50-53-56-59-62-68(71)74-65-66(64-73-67(70)61-58-55-52-49-46-24-21-18-15-12-9-6-3)75-69(72)63-60-57-54-51-48-45-43-41-39-36-32-30-28-26-23-20-17-14-11-8-5-2/h8,11,17,20,26,28,32,36,41,43,48,51,66H,4-7,9-10,12-16,18-19,21-25,27,29-31,33-35,37-40,42,44-47,49-50,52-65H2,1-3H3/b11-8-,20-17-,28-26-,36-32-,43-41-,51-48-. The van der Waals surface area contributed by atoms with Crippen molar-refractivity contribution in [2.75, 3.05) is 13.2 Å². The number of carbonyl (C=O) groups excluding carboxylic acids is 3. The lowest BCUT2D eigenvalue weighted by atomic mass is 10.0. The van der Waals surface area contributed by atoms with Gasteiger partial charge in [-0.05, 0) is 70.6 Å². The fraction of sp³-hybridized carbons (Fsp3) is 0.783. The van der Waals surface area contributed by atoms with E-state index in [1.807, 2.05) is 0 Å². The highest BCUT2D eigenvalue weighted by atomic mass is 16.6. The molecule has 0 radical (unpaired) electrons. The molecule has 0 aliphatic carbocycles. The predicted octanol–water partition coefficient (Wildman–Crippen LogP) is 22.1. The normalized spacial score (nSPS) is 12.5. The molecule has 6 heteroatoms. The monoisotopic (exact) mass is 1050 g/mol. The third kappa shape index (κ3) is 61.6. The smallest absolute Gasteiger partial charge is 0.306 e. The molecule has 434 valence electrons. The van der Waals surface area contributed by atoms with Crippen molar-refractivity contribution in [2.45, 2.75) is 335 Å². The maximum Gasteiger partial charge on any atom is 0.306 e. The van der Waals surface area contributed by atoms with Gasteiger partial charge >= 0.3 is 17.9 Å². The maximum absolute atomic E-state index is 12.9. The summed E-state index contributed by atoms with van der Waals surface area (Å²) in [5, 5.41) is 0. The molecular weight excluding hydrogens is 925 g/mol. The number of unbranched alkanes of at least 4 members (excludes halogenated alkanes) is 36. The predicted molar refractivity (Wildman–Crippen MR) is 325 cm³/mol. The molecule has 0 aliphatic rings. The maximum atomic E-state index is 12.9. The van der Waals surface area contributed by atoms with Gasteiger partial charge in [0.2, 0.25) is 0 Å². The molecule has 0 spiro atoms. The Bertz CT molecular complexity index is 1390. The molecule has 0 rings (SSSR count). The summed E-state index contributed by atoms with van der Waals surface area (Å²) in [4.78, 5) is 38.3. The zero-order valence-electron chi connectivity index (χ0n) is 49.8. The molecule has 0 N–H and O–H groups in total. The summed E-state index contributed by atoms with van der Waals surface area (Å²) < 4.78 is 16.9. The van der Waals surface area contributed by atoms with Crippen LogP contribution in [0.25, 0.3) is 0 Å². The van der Waals surface area contributed by atoms with E-state index in [-0.39, 0.29) is 37.5 Å². The average molecular weight is 1050 g/mol. The second-order valence-corrected chi connectivity index (χ2v) is 21.7. The molecule has 0 fully saturated rings. The summed E-state index contributed by atoms with van der Waals surface area (Å²) in [5.41, 5.74) is 0. The Balaban J connectivity index is 4.33. The number of allylic oxidation sites excluding steroid dienone is 12. The Morgan fingerprint density at radius 2 is 0.520 bits per heavy atom. The van der Waals surface area contributed by atoms with Crippen LogP contribution in [-0.2, 0) is 28.6 Å². The first-order chi connectivity index (χ1) is 37.0. The molecule has 0 saturated carbocycles. The van der Waals surface area contributed by atoms with Crippen molar-refractivity contribution >= 4 is 17.9 Å². The minimum atomic E-state index is -0.796. The molecule has 0 bridgehead atoms. The number of ether oxygens (including phenoxy) is 3. The van der Waals surface area contributed by atoms with Crippen LogP contribution >= 0.6 is 0 Å². The summed E-state index contributed by atoms with van der Waals surface area (Å²) in [6.45, 7) is 6.53. The molecule has 0 aromatic carbocycles. The lowest BCUT2D eigenvalue weighted by Crippen LogP contribution is -2.30. The topological polar surface area (TPSA) is 78.9 Å². The van der Waals surface area contributed by atoms with Gasteiger partial charge in [-0.3, -0.25) is 14.4 Å². The minimum absolute atomic E-state index is 0.0889. The highest BCUT2D eigenvalue weighted by Crippen LogP contribution is 2.17. The van der Waals surface area contributed by atoms with E-state index in [0.717, 1.165) is 89.9 Å². The van der Waals surface area contributed by atoms with Crippen molar-refractivity contribution in [1.82, 2.24) is 0 Å². The van der Waals surface area contributed by atoms with Crippen LogP contribution in [0.5, 0.6) is 0 Å². The van der Waals surface area contributed by atoms with Crippen LogP contribution in [-0.4, -0.2) is 37.2 Å². The number of rotatable bonds is 59. The van der Waals surface area contributed by atoms with Crippen LogP contribution in [0.3, 0.4) is 0 Å². The van der Waals surface area contributed by atoms with Gasteiger partial charge in [-0.1, -0.05) is 312 Å². The second kappa shape index (κ2) is 63.4. The number of carbonyl (C=O) groups is 3. The summed E-state index contributed by atoms with van der Waals surface area (Å²) in [5.74, 6) is -0.916. The van der Waals surface area contributed by atoms with Gasteiger partial charge in [0.1, 0.15) is 13.2 Å². The Morgan fingerprint density at radius 3 is 0.813 bits per heavy atom. The van der Waals surface area contributed by atoms with E-state index in [1.54, 1.807) is 0 Å². The summed E-state index contributed by atoms with van der Waals surface area (Å²) >= 11 is 0. The largest absolute Gasteiger partial charge is 0.462 e. The molecular formula is C69H122O6. The molecule has 0 aromatic heterocycles. The molecule has 1 atom stereocenters. The van der Waals surface area contributed by atoms with E-state index in [0.29, 0.717) is 19.3 Å². The van der Waals surface area contributed by atoms with Crippen LogP contribution in [0, 0.1) is 0 Å². The zero-order chi connectivity index (χ0) is 54.3. The first-order valence-electron chi connectivity index (χ1n) is 32.4. The van der Waals surface area contributed by atoms with Gasteiger partial charge < -0.3 is 14.2 Å². The van der Waals surface area contributed by atoms with E-state index in [9.17, 15) is 14.4 Å². The van der Waals surface area contributed by atoms with E-state index in [2.05, 4.69) is 93.7 Å². The third-order valence-corrected chi connectivity index (χ3v) is 14.2. The van der Waals surface area contributed by atoms with Crippen molar-refractivity contribution in [1.29, 1.82) is 0 Å². The Morgan fingerprint density at radius 1 is 0.280 bits per heavy atom. The summed E-state index contributed by atoms with van der Waals surface area (Å²) in [7, 11) is 0. The van der Waals surface area contributed by atoms with Crippen molar-refractivity contribution in [3.8, 4) is 0 Å². The van der Waals surface area contributed by atoms with E-state index >= 15 is 0 Å². The van der Waals surface area contributed by atoms with Gasteiger partial charge in [0.05, 0.1) is 0 Å². The Labute approximate surface area is 465 Å². The zero-order valence-corrected chi connectivity index (χ0v) is 49.8. The third-order valence-electron chi connectivity index (χ3n) is 14.2. The Kier molecular flexibility index (Phi) is 60.7. The number of esters is 3. The number of hydrogen-bond donors (Lipinski definition) is 0. The molecule has 75 heavy (non-hydrogen) atoms. The van der Waals surface area contributed by atoms with Crippen LogP contribution in [0.4, 0.5) is 0 Å². The van der Waals surface area contributed by atoms with Crippen LogP contribution in [0.1, 0.15) is 329 Å². The fourth-order valence-electron chi connectivity index (χ4n) is 9.39. The second-order valence-electron chi connectivity index (χ2n) is 21.7. The van der Waals surface area contributed by atoms with Crippen molar-refractivity contribution in [3.05, 3.63) is 72.9 Å². The molecule has 0 aliphatic heterocycles. The van der Waals surface area contributed by atoms with Gasteiger partial charge in [0, 0.05) is 19.3 Å². The number of hydrogen-bond acceptors (Lipinski definition) is 6. The quantitative estimate of drug-likeness (QED) is 0.0261. The molecule has 0 saturated heterocycles. The van der Waals surface area contributed by atoms with Crippen molar-refractivity contribution < 1.29 is 28.6 Å². The van der Waals surface area contributed by atoms with Gasteiger partial charge in [-0.15, -0.1) is 0 Å². The van der Waals surface area contributed by atoms with Crippen molar-refractivity contribution in [3.63, 3.8) is 0 Å². The SMILES string of the molecule is CC/C=C\C/C=C\C/C=C\C/C=C\C/C=C\C/C=C\CCCCC(=O)OC(COC(=O)CCCCCCCCCCCCCC)COC(=O)CCCCCCCCCCCCCCCCCCCCCCCCCC. The lowest BCUT2D eigenvalue weighted by molar-refractivity contribution is -0.167. The van der Waals surface area contributed by atoms with Crippen LogP contribution in [0.2, 0.25) is 0 Å². The molecule has 0 aromatic rings. The van der Waals surface area contributed by atoms with Gasteiger partial charge in [-0.2, -0.15) is 0 Å². The fourth-order valence-corrected chi connectivity index (χ4v) is 9.39. The first kappa shape index (κ1) is 71.8.